The van der Waals surface area contributed by atoms with Crippen LogP contribution in [0, 0.1) is 0 Å². The summed E-state index contributed by atoms with van der Waals surface area (Å²) in [5.41, 5.74) is 1.30. The summed E-state index contributed by atoms with van der Waals surface area (Å²) < 4.78 is 6.48. The number of hydrogen-bond acceptors (Lipinski definition) is 6. The van der Waals surface area contributed by atoms with Crippen molar-refractivity contribution >= 4 is 34.7 Å². The van der Waals surface area contributed by atoms with Crippen molar-refractivity contribution in [3.05, 3.63) is 40.4 Å². The first-order chi connectivity index (χ1) is 11.6. The van der Waals surface area contributed by atoms with Crippen molar-refractivity contribution in [2.75, 3.05) is 25.6 Å². The second kappa shape index (κ2) is 7.31. The van der Waals surface area contributed by atoms with Crippen molar-refractivity contribution in [3.63, 3.8) is 0 Å². The zero-order chi connectivity index (χ0) is 17.1. The van der Waals surface area contributed by atoms with Gasteiger partial charge in [-0.3, -0.25) is 0 Å². The van der Waals surface area contributed by atoms with Gasteiger partial charge in [0.25, 0.3) is 0 Å². The number of rotatable bonds is 6. The molecule has 0 amide bonds. The Morgan fingerprint density at radius 2 is 1.96 bits per heavy atom. The van der Waals surface area contributed by atoms with Crippen LogP contribution in [0.2, 0.25) is 10.0 Å². The Labute approximate surface area is 148 Å². The fourth-order valence-electron chi connectivity index (χ4n) is 2.22. The van der Waals surface area contributed by atoms with Crippen molar-refractivity contribution in [2.24, 2.45) is 0 Å². The predicted molar refractivity (Wildman–Crippen MR) is 92.6 cm³/mol. The number of nitrogens with one attached hydrogen (secondary N) is 1. The molecule has 0 bridgehead atoms. The second-order valence-electron chi connectivity index (χ2n) is 5.16. The van der Waals surface area contributed by atoms with Gasteiger partial charge in [-0.25, -0.2) is 0 Å². The molecule has 2 aromatic heterocycles. The van der Waals surface area contributed by atoms with E-state index in [0.29, 0.717) is 39.4 Å². The van der Waals surface area contributed by atoms with E-state index in [9.17, 15) is 5.11 Å². The Bertz CT molecular complexity index is 835. The molecule has 0 aliphatic rings. The Hall–Kier alpha value is -1.93. The van der Waals surface area contributed by atoms with Gasteiger partial charge < -0.3 is 15.2 Å². The van der Waals surface area contributed by atoms with E-state index in [1.807, 2.05) is 0 Å². The summed E-state index contributed by atoms with van der Waals surface area (Å²) in [6.07, 6.45) is -0.625. The van der Waals surface area contributed by atoms with Gasteiger partial charge in [0.1, 0.15) is 5.82 Å². The van der Waals surface area contributed by atoms with E-state index < -0.39 is 6.10 Å². The van der Waals surface area contributed by atoms with Gasteiger partial charge in [0.05, 0.1) is 12.7 Å². The first kappa shape index (κ1) is 16.9. The van der Waals surface area contributed by atoms with Crippen molar-refractivity contribution in [1.29, 1.82) is 0 Å². The largest absolute Gasteiger partial charge is 0.389 e. The lowest BCUT2D eigenvalue weighted by Crippen LogP contribution is -2.24. The molecule has 2 heterocycles. The molecule has 0 fully saturated rings. The Morgan fingerprint density at radius 3 is 2.67 bits per heavy atom. The molecule has 0 saturated carbocycles. The monoisotopic (exact) mass is 367 g/mol. The fraction of sp³-hybridized carbons (Fsp3) is 0.267. The molecular formula is C15H15Cl2N5O2. The normalized spacial score (nSPS) is 12.5. The van der Waals surface area contributed by atoms with Gasteiger partial charge in [-0.1, -0.05) is 23.2 Å². The Morgan fingerprint density at radius 1 is 1.21 bits per heavy atom. The number of ether oxygens (including phenoxy) is 1. The van der Waals surface area contributed by atoms with Crippen LogP contribution >= 0.6 is 23.2 Å². The molecule has 0 aliphatic carbocycles. The highest BCUT2D eigenvalue weighted by molar-refractivity contribution is 6.35. The Kier molecular flexibility index (Phi) is 5.15. The molecule has 1 aromatic carbocycles. The zero-order valence-electron chi connectivity index (χ0n) is 12.8. The maximum atomic E-state index is 9.70. The van der Waals surface area contributed by atoms with Crippen LogP contribution in [-0.2, 0) is 4.74 Å². The number of hydrogen-bond donors (Lipinski definition) is 2. The lowest BCUT2D eigenvalue weighted by Gasteiger charge is -2.11. The average molecular weight is 368 g/mol. The number of nitrogens with zero attached hydrogens (tertiary/aromatic N) is 4. The van der Waals surface area contributed by atoms with E-state index in [1.165, 1.54) is 7.11 Å². The number of halogens is 2. The number of benzene rings is 1. The van der Waals surface area contributed by atoms with E-state index in [-0.39, 0.29) is 6.61 Å². The van der Waals surface area contributed by atoms with Gasteiger partial charge in [0, 0.05) is 29.3 Å². The highest BCUT2D eigenvalue weighted by Crippen LogP contribution is 2.26. The zero-order valence-corrected chi connectivity index (χ0v) is 14.3. The van der Waals surface area contributed by atoms with Crippen molar-refractivity contribution < 1.29 is 9.84 Å². The van der Waals surface area contributed by atoms with Crippen molar-refractivity contribution in [2.45, 2.75) is 6.10 Å². The predicted octanol–water partition coefficient (Wildman–Crippen LogP) is 2.52. The van der Waals surface area contributed by atoms with Gasteiger partial charge in [0.2, 0.25) is 0 Å². The summed E-state index contributed by atoms with van der Waals surface area (Å²) in [6.45, 7) is 0.556. The number of aromatic nitrogens is 4. The number of anilines is 1. The summed E-state index contributed by atoms with van der Waals surface area (Å²) in [7, 11) is 1.53. The summed E-state index contributed by atoms with van der Waals surface area (Å²) in [4.78, 5) is 0. The Balaban J connectivity index is 1.91. The van der Waals surface area contributed by atoms with Crippen LogP contribution in [0.5, 0.6) is 0 Å². The van der Waals surface area contributed by atoms with Gasteiger partial charge >= 0.3 is 0 Å². The molecule has 0 radical (unpaired) electrons. The van der Waals surface area contributed by atoms with Crippen LogP contribution in [0.3, 0.4) is 0 Å². The number of fused-ring (bicyclic) bond motifs is 1. The van der Waals surface area contributed by atoms with E-state index in [2.05, 4.69) is 20.6 Å². The third kappa shape index (κ3) is 3.76. The first-order valence-corrected chi connectivity index (χ1v) is 7.92. The maximum absolute atomic E-state index is 9.70. The molecule has 3 aromatic rings. The molecule has 9 heteroatoms. The van der Waals surface area contributed by atoms with Gasteiger partial charge in [0.15, 0.2) is 11.5 Å². The standard InChI is InChI=1S/C15H15Cl2N5O2/c1-24-8-12(23)7-18-13-2-3-14-19-20-15(22(14)21-13)9-4-10(16)6-11(17)5-9/h2-6,12,23H,7-8H2,1H3,(H,18,21). The molecule has 1 atom stereocenters. The number of aliphatic hydroxyl groups is 1. The minimum absolute atomic E-state index is 0.244. The molecular weight excluding hydrogens is 353 g/mol. The minimum Gasteiger partial charge on any atom is -0.389 e. The molecule has 0 saturated heterocycles. The third-order valence-electron chi connectivity index (χ3n) is 3.26. The van der Waals surface area contributed by atoms with E-state index in [0.717, 1.165) is 0 Å². The minimum atomic E-state index is -0.625. The van der Waals surface area contributed by atoms with Crippen LogP contribution in [0.4, 0.5) is 5.82 Å². The van der Waals surface area contributed by atoms with Crippen LogP contribution in [-0.4, -0.2) is 51.3 Å². The van der Waals surface area contributed by atoms with E-state index in [1.54, 1.807) is 34.8 Å². The summed E-state index contributed by atoms with van der Waals surface area (Å²) in [5, 5.41) is 26.4. The maximum Gasteiger partial charge on any atom is 0.185 e. The van der Waals surface area contributed by atoms with Gasteiger partial charge in [-0.05, 0) is 30.3 Å². The molecule has 3 rings (SSSR count). The summed E-state index contributed by atoms with van der Waals surface area (Å²) >= 11 is 12.1. The smallest absolute Gasteiger partial charge is 0.185 e. The lowest BCUT2D eigenvalue weighted by atomic mass is 10.2. The molecule has 1 unspecified atom stereocenters. The lowest BCUT2D eigenvalue weighted by molar-refractivity contribution is 0.0727. The molecule has 0 aliphatic heterocycles. The second-order valence-corrected chi connectivity index (χ2v) is 6.03. The topological polar surface area (TPSA) is 84.6 Å². The van der Waals surface area contributed by atoms with Crippen molar-refractivity contribution in [3.8, 4) is 11.4 Å². The molecule has 24 heavy (non-hydrogen) atoms. The highest BCUT2D eigenvalue weighted by Gasteiger charge is 2.12. The third-order valence-corrected chi connectivity index (χ3v) is 3.70. The average Bonchev–Trinajstić information content (AvgIpc) is 2.95. The molecule has 0 spiro atoms. The fourth-order valence-corrected chi connectivity index (χ4v) is 2.75. The summed E-state index contributed by atoms with van der Waals surface area (Å²) in [5.74, 6) is 1.10. The van der Waals surface area contributed by atoms with Crippen LogP contribution in [0.15, 0.2) is 30.3 Å². The van der Waals surface area contributed by atoms with E-state index in [4.69, 9.17) is 27.9 Å². The van der Waals surface area contributed by atoms with Crippen LogP contribution < -0.4 is 5.32 Å². The van der Waals surface area contributed by atoms with Crippen LogP contribution in [0.25, 0.3) is 17.0 Å². The number of methoxy groups -OCH3 is 1. The highest BCUT2D eigenvalue weighted by atomic mass is 35.5. The van der Waals surface area contributed by atoms with E-state index >= 15 is 0 Å². The summed E-state index contributed by atoms with van der Waals surface area (Å²) in [6, 6.07) is 8.68. The van der Waals surface area contributed by atoms with Crippen LogP contribution in [0.1, 0.15) is 0 Å². The quantitative estimate of drug-likeness (QED) is 0.696. The SMILES string of the molecule is COCC(O)CNc1ccc2nnc(-c3cc(Cl)cc(Cl)c3)n2n1. The first-order valence-electron chi connectivity index (χ1n) is 7.16. The van der Waals surface area contributed by atoms with Gasteiger partial charge in [-0.2, -0.15) is 4.52 Å². The van der Waals surface area contributed by atoms with Gasteiger partial charge in [-0.15, -0.1) is 15.3 Å². The molecule has 7 nitrogen and oxygen atoms in total. The van der Waals surface area contributed by atoms with Crippen molar-refractivity contribution in [1.82, 2.24) is 19.8 Å². The molecule has 126 valence electrons. The number of aliphatic hydroxyl groups excluding tert-OH is 1. The molecule has 2 N–H and O–H groups in total.